The minimum Gasteiger partial charge on any atom is -0.493 e. The predicted molar refractivity (Wildman–Crippen MR) is 124 cm³/mol. The lowest BCUT2D eigenvalue weighted by molar-refractivity contribution is 0.0953. The number of carbonyl (C=O) groups is 1. The highest BCUT2D eigenvalue weighted by atomic mass is 79.9. The lowest BCUT2D eigenvalue weighted by atomic mass is 10.1. The summed E-state index contributed by atoms with van der Waals surface area (Å²) >= 11 is 3.58. The van der Waals surface area contributed by atoms with Crippen LogP contribution in [0.1, 0.15) is 45.9 Å². The summed E-state index contributed by atoms with van der Waals surface area (Å²) in [6.07, 6.45) is 4.55. The van der Waals surface area contributed by atoms with E-state index in [-0.39, 0.29) is 5.91 Å². The van der Waals surface area contributed by atoms with Crippen LogP contribution in [0.15, 0.2) is 47.1 Å². The maximum atomic E-state index is 13.0. The van der Waals surface area contributed by atoms with E-state index in [0.29, 0.717) is 35.9 Å². The van der Waals surface area contributed by atoms with Crippen LogP contribution in [-0.2, 0) is 6.42 Å². The van der Waals surface area contributed by atoms with Crippen LogP contribution >= 0.6 is 15.9 Å². The quantitative estimate of drug-likeness (QED) is 0.499. The Labute approximate surface area is 190 Å². The number of methoxy groups -OCH3 is 2. The fourth-order valence-corrected chi connectivity index (χ4v) is 4.29. The number of nitrogens with zero attached hydrogens (tertiary/aromatic N) is 2. The van der Waals surface area contributed by atoms with Gasteiger partial charge >= 0.3 is 0 Å². The Morgan fingerprint density at radius 1 is 1.19 bits per heavy atom. The van der Waals surface area contributed by atoms with Gasteiger partial charge in [0.1, 0.15) is 0 Å². The number of halogens is 1. The molecule has 162 valence electrons. The third-order valence-corrected chi connectivity index (χ3v) is 6.33. The van der Waals surface area contributed by atoms with Gasteiger partial charge in [-0.2, -0.15) is 5.10 Å². The van der Waals surface area contributed by atoms with Gasteiger partial charge in [-0.3, -0.25) is 4.79 Å². The molecule has 0 atom stereocenters. The van der Waals surface area contributed by atoms with Crippen molar-refractivity contribution in [2.75, 3.05) is 20.8 Å². The van der Waals surface area contributed by atoms with Crippen molar-refractivity contribution in [3.05, 3.63) is 69.5 Å². The van der Waals surface area contributed by atoms with Crippen LogP contribution in [-0.4, -0.2) is 36.5 Å². The molecule has 31 heavy (non-hydrogen) atoms. The molecule has 1 aliphatic carbocycles. The van der Waals surface area contributed by atoms with Gasteiger partial charge in [-0.05, 0) is 55.5 Å². The van der Waals surface area contributed by atoms with Crippen molar-refractivity contribution in [2.24, 2.45) is 0 Å². The molecule has 0 radical (unpaired) electrons. The molecule has 1 aliphatic rings. The number of carbonyl (C=O) groups excluding carboxylic acids is 1. The van der Waals surface area contributed by atoms with E-state index >= 15 is 0 Å². The molecule has 3 aromatic rings. The highest BCUT2D eigenvalue weighted by Gasteiger charge is 2.33. The fourth-order valence-electron chi connectivity index (χ4n) is 3.77. The second kappa shape index (κ2) is 9.14. The van der Waals surface area contributed by atoms with Crippen molar-refractivity contribution in [3.63, 3.8) is 0 Å². The van der Waals surface area contributed by atoms with Gasteiger partial charge in [0.25, 0.3) is 5.91 Å². The Morgan fingerprint density at radius 3 is 2.58 bits per heavy atom. The van der Waals surface area contributed by atoms with Crippen molar-refractivity contribution in [2.45, 2.75) is 32.1 Å². The van der Waals surface area contributed by atoms with E-state index in [1.54, 1.807) is 20.4 Å². The lowest BCUT2D eigenvalue weighted by Gasteiger charge is -2.13. The Morgan fingerprint density at radius 2 is 1.90 bits per heavy atom. The monoisotopic (exact) mass is 483 g/mol. The Hall–Kier alpha value is -2.80. The number of nitrogens with one attached hydrogen (secondary N) is 1. The largest absolute Gasteiger partial charge is 0.493 e. The Bertz CT molecular complexity index is 1110. The first-order valence-electron chi connectivity index (χ1n) is 10.4. The van der Waals surface area contributed by atoms with E-state index in [1.165, 1.54) is 0 Å². The van der Waals surface area contributed by atoms with Crippen LogP contribution in [0.5, 0.6) is 11.5 Å². The summed E-state index contributed by atoms with van der Waals surface area (Å²) in [5.41, 5.74) is 4.88. The molecule has 1 heterocycles. The normalized spacial score (nSPS) is 13.2. The second-order valence-electron chi connectivity index (χ2n) is 7.72. The molecule has 2 aromatic carbocycles. The SMILES string of the molecule is COc1cc(Br)c(CCNC(=O)c2cnn(-c3ccccc3C)c2C2CC2)cc1OC. The summed E-state index contributed by atoms with van der Waals surface area (Å²) in [5, 5.41) is 7.63. The second-order valence-corrected chi connectivity index (χ2v) is 8.57. The van der Waals surface area contributed by atoms with Gasteiger partial charge in [-0.15, -0.1) is 0 Å². The van der Waals surface area contributed by atoms with Gasteiger partial charge < -0.3 is 14.8 Å². The summed E-state index contributed by atoms with van der Waals surface area (Å²) in [5.74, 6) is 1.64. The van der Waals surface area contributed by atoms with Gasteiger partial charge in [0.05, 0.1) is 37.4 Å². The summed E-state index contributed by atoms with van der Waals surface area (Å²) in [6.45, 7) is 2.57. The number of aryl methyl sites for hydroxylation is 1. The standard InChI is InChI=1S/C24H26BrN3O3/c1-15-6-4-5-7-20(15)28-23(16-8-9-16)18(14-27-28)24(29)26-11-10-17-12-21(30-2)22(31-3)13-19(17)25/h4-7,12-14,16H,8-11H2,1-3H3,(H,26,29). The topological polar surface area (TPSA) is 65.4 Å². The summed E-state index contributed by atoms with van der Waals surface area (Å²) < 4.78 is 13.6. The van der Waals surface area contributed by atoms with Crippen LogP contribution < -0.4 is 14.8 Å². The molecule has 0 aliphatic heterocycles. The lowest BCUT2D eigenvalue weighted by Crippen LogP contribution is -2.26. The molecule has 4 rings (SSSR count). The van der Waals surface area contributed by atoms with Crippen molar-refractivity contribution < 1.29 is 14.3 Å². The summed E-state index contributed by atoms with van der Waals surface area (Å²) in [7, 11) is 3.22. The van der Waals surface area contributed by atoms with E-state index in [4.69, 9.17) is 9.47 Å². The van der Waals surface area contributed by atoms with Crippen molar-refractivity contribution in [1.29, 1.82) is 0 Å². The van der Waals surface area contributed by atoms with Gasteiger partial charge in [0.2, 0.25) is 0 Å². The number of amides is 1. The number of hydrogen-bond acceptors (Lipinski definition) is 4. The number of para-hydroxylation sites is 1. The van der Waals surface area contributed by atoms with Crippen molar-refractivity contribution in [1.82, 2.24) is 15.1 Å². The molecule has 0 bridgehead atoms. The van der Waals surface area contributed by atoms with Gasteiger partial charge in [0.15, 0.2) is 11.5 Å². The average Bonchev–Trinajstić information content (AvgIpc) is 3.52. The number of benzene rings is 2. The van der Waals surface area contributed by atoms with Gasteiger partial charge in [-0.25, -0.2) is 4.68 Å². The van der Waals surface area contributed by atoms with E-state index in [9.17, 15) is 4.79 Å². The Balaban J connectivity index is 1.50. The van der Waals surface area contributed by atoms with Crippen LogP contribution in [0.4, 0.5) is 0 Å². The van der Waals surface area contributed by atoms with Gasteiger partial charge in [0, 0.05) is 16.9 Å². The maximum Gasteiger partial charge on any atom is 0.254 e. The first kappa shape index (κ1) is 21.4. The molecule has 0 spiro atoms. The van der Waals surface area contributed by atoms with Crippen molar-refractivity contribution in [3.8, 4) is 17.2 Å². The van der Waals surface area contributed by atoms with Crippen LogP contribution in [0.3, 0.4) is 0 Å². The Kier molecular flexibility index (Phi) is 6.32. The molecule has 1 N–H and O–H groups in total. The fraction of sp³-hybridized carbons (Fsp3) is 0.333. The molecule has 1 saturated carbocycles. The minimum atomic E-state index is -0.0849. The first-order valence-corrected chi connectivity index (χ1v) is 11.1. The molecule has 1 fully saturated rings. The third-order valence-electron chi connectivity index (χ3n) is 5.59. The molecular weight excluding hydrogens is 458 g/mol. The van der Waals surface area contributed by atoms with Crippen LogP contribution in [0.25, 0.3) is 5.69 Å². The molecule has 6 nitrogen and oxygen atoms in total. The number of ether oxygens (including phenoxy) is 2. The zero-order valence-corrected chi connectivity index (χ0v) is 19.5. The highest BCUT2D eigenvalue weighted by Crippen LogP contribution is 2.42. The number of rotatable bonds is 8. The van der Waals surface area contributed by atoms with E-state index < -0.39 is 0 Å². The van der Waals surface area contributed by atoms with Crippen molar-refractivity contribution >= 4 is 21.8 Å². The maximum absolute atomic E-state index is 13.0. The number of hydrogen-bond donors (Lipinski definition) is 1. The molecule has 0 saturated heterocycles. The van der Waals surface area contributed by atoms with E-state index in [1.807, 2.05) is 35.0 Å². The first-order chi connectivity index (χ1) is 15.0. The number of aromatic nitrogens is 2. The highest BCUT2D eigenvalue weighted by molar-refractivity contribution is 9.10. The van der Waals surface area contributed by atoms with Crippen LogP contribution in [0, 0.1) is 6.92 Å². The zero-order chi connectivity index (χ0) is 22.0. The van der Waals surface area contributed by atoms with E-state index in [2.05, 4.69) is 39.3 Å². The zero-order valence-electron chi connectivity index (χ0n) is 17.9. The molecule has 7 heteroatoms. The van der Waals surface area contributed by atoms with Crippen LogP contribution in [0.2, 0.25) is 0 Å². The van der Waals surface area contributed by atoms with Gasteiger partial charge in [-0.1, -0.05) is 34.1 Å². The van der Waals surface area contributed by atoms with E-state index in [0.717, 1.165) is 39.8 Å². The molecule has 1 amide bonds. The third kappa shape index (κ3) is 4.46. The molecule has 0 unspecified atom stereocenters. The molecule has 1 aromatic heterocycles. The smallest absolute Gasteiger partial charge is 0.254 e. The molecular formula is C24H26BrN3O3. The summed E-state index contributed by atoms with van der Waals surface area (Å²) in [4.78, 5) is 13.0. The predicted octanol–water partition coefficient (Wildman–Crippen LogP) is 4.81. The minimum absolute atomic E-state index is 0.0849. The summed E-state index contributed by atoms with van der Waals surface area (Å²) in [6, 6.07) is 11.9. The average molecular weight is 484 g/mol.